The summed E-state index contributed by atoms with van der Waals surface area (Å²) in [5, 5.41) is 18.0. The van der Waals surface area contributed by atoms with Crippen LogP contribution in [0.25, 0.3) is 0 Å². The Morgan fingerprint density at radius 3 is 2.50 bits per heavy atom. The first-order chi connectivity index (χ1) is 9.11. The van der Waals surface area contributed by atoms with Crippen LogP contribution in [0.1, 0.15) is 34.6 Å². The van der Waals surface area contributed by atoms with Gasteiger partial charge in [0.2, 0.25) is 0 Å². The molecule has 6 heteroatoms. The molecule has 1 aliphatic rings. The largest absolute Gasteiger partial charge is 0.512 e. The molecule has 1 aliphatic heterocycles. The van der Waals surface area contributed by atoms with Gasteiger partial charge in [-0.15, -0.1) is 0 Å². The van der Waals surface area contributed by atoms with E-state index in [1.807, 2.05) is 34.6 Å². The maximum absolute atomic E-state index is 12.2. The minimum absolute atomic E-state index is 0.0241. The molecule has 0 aromatic rings. The monoisotopic (exact) mass is 283 g/mol. The van der Waals surface area contributed by atoms with E-state index >= 15 is 0 Å². The van der Waals surface area contributed by atoms with Crippen molar-refractivity contribution in [1.82, 2.24) is 9.80 Å². The number of rotatable bonds is 3. The number of nitrogens with zero attached hydrogens (tertiary/aromatic N) is 2. The molecule has 0 spiro atoms. The Bertz CT molecular complexity index is 426. The van der Waals surface area contributed by atoms with E-state index in [1.165, 1.54) is 15.9 Å². The van der Waals surface area contributed by atoms with Crippen molar-refractivity contribution in [2.24, 2.45) is 5.41 Å². The Labute approximate surface area is 120 Å². The molecule has 114 valence electrons. The zero-order chi connectivity index (χ0) is 15.7. The topological polar surface area (TPSA) is 76.9 Å². The lowest BCUT2D eigenvalue weighted by Crippen LogP contribution is -2.39. The number of urea groups is 1. The summed E-state index contributed by atoms with van der Waals surface area (Å²) in [6.45, 7) is 9.73. The highest BCUT2D eigenvalue weighted by molar-refractivity contribution is 6.03. The molecule has 1 heterocycles. The van der Waals surface area contributed by atoms with Gasteiger partial charge in [-0.3, -0.25) is 15.2 Å². The molecule has 1 fully saturated rings. The first-order valence-corrected chi connectivity index (χ1v) is 6.78. The number of amidine groups is 1. The summed E-state index contributed by atoms with van der Waals surface area (Å²) in [4.78, 5) is 15.0. The molecule has 2 atom stereocenters. The number of ether oxygens (including phenoxy) is 1. The molecule has 2 amide bonds. The van der Waals surface area contributed by atoms with Crippen LogP contribution in [-0.4, -0.2) is 52.7 Å². The fraction of sp³-hybridized carbons (Fsp3) is 0.714. The molecule has 2 N–H and O–H groups in total. The van der Waals surface area contributed by atoms with Crippen molar-refractivity contribution in [1.29, 1.82) is 5.41 Å². The summed E-state index contributed by atoms with van der Waals surface area (Å²) >= 11 is 0. The van der Waals surface area contributed by atoms with Gasteiger partial charge >= 0.3 is 6.03 Å². The number of nitrogens with one attached hydrogen (secondary N) is 1. The van der Waals surface area contributed by atoms with Crippen molar-refractivity contribution in [3.05, 3.63) is 11.8 Å². The summed E-state index contributed by atoms with van der Waals surface area (Å²) in [6.07, 6.45) is 0.953. The average molecular weight is 283 g/mol. The van der Waals surface area contributed by atoms with Gasteiger partial charge in [-0.25, -0.2) is 4.79 Å². The van der Waals surface area contributed by atoms with Crippen molar-refractivity contribution < 1.29 is 14.6 Å². The predicted octanol–water partition coefficient (Wildman–Crippen LogP) is 2.57. The summed E-state index contributed by atoms with van der Waals surface area (Å²) in [5.74, 6) is 0.0500. The molecule has 0 aromatic carbocycles. The van der Waals surface area contributed by atoms with Crippen LogP contribution in [0.3, 0.4) is 0 Å². The third-order valence-corrected chi connectivity index (χ3v) is 3.35. The molecule has 2 unspecified atom stereocenters. The van der Waals surface area contributed by atoms with Crippen molar-refractivity contribution in [3.8, 4) is 0 Å². The van der Waals surface area contributed by atoms with Crippen LogP contribution in [0.5, 0.6) is 0 Å². The predicted molar refractivity (Wildman–Crippen MR) is 77.8 cm³/mol. The van der Waals surface area contributed by atoms with E-state index in [4.69, 9.17) is 10.1 Å². The minimum atomic E-state index is -0.455. The molecule has 1 rings (SSSR count). The number of allylic oxidation sites excluding steroid dienone is 1. The number of likely N-dealkylation sites (N-methyl/N-ethyl adjacent to an activating group) is 1. The van der Waals surface area contributed by atoms with Gasteiger partial charge in [0.15, 0.2) is 6.23 Å². The molecule has 0 radical (unpaired) electrons. The highest BCUT2D eigenvalue weighted by Gasteiger charge is 2.43. The number of hydrogen-bond donors (Lipinski definition) is 2. The lowest BCUT2D eigenvalue weighted by atomic mass is 9.93. The Hall–Kier alpha value is -1.56. The van der Waals surface area contributed by atoms with Crippen molar-refractivity contribution in [2.75, 3.05) is 13.7 Å². The molecular weight excluding hydrogens is 258 g/mol. The molecule has 0 bridgehead atoms. The van der Waals surface area contributed by atoms with Gasteiger partial charge in [-0.1, -0.05) is 20.8 Å². The average Bonchev–Trinajstić information content (AvgIpc) is 2.52. The third kappa shape index (κ3) is 3.12. The summed E-state index contributed by atoms with van der Waals surface area (Å²) in [5.41, 5.74) is -0.455. The number of hydrogen-bond acceptors (Lipinski definition) is 4. The summed E-state index contributed by atoms with van der Waals surface area (Å²) in [7, 11) is 1.65. The first kappa shape index (κ1) is 16.5. The highest BCUT2D eigenvalue weighted by Crippen LogP contribution is 2.26. The van der Waals surface area contributed by atoms with E-state index in [9.17, 15) is 9.90 Å². The first-order valence-electron chi connectivity index (χ1n) is 6.78. The third-order valence-electron chi connectivity index (χ3n) is 3.35. The Kier molecular flexibility index (Phi) is 4.81. The normalized spacial score (nSPS) is 24.5. The van der Waals surface area contributed by atoms with Crippen LogP contribution in [0.15, 0.2) is 11.8 Å². The van der Waals surface area contributed by atoms with Crippen molar-refractivity contribution >= 4 is 11.9 Å². The minimum Gasteiger partial charge on any atom is -0.512 e. The van der Waals surface area contributed by atoms with E-state index in [-0.39, 0.29) is 29.9 Å². The molecule has 0 aliphatic carbocycles. The van der Waals surface area contributed by atoms with E-state index in [0.717, 1.165) is 0 Å². The van der Waals surface area contributed by atoms with E-state index in [0.29, 0.717) is 6.61 Å². The van der Waals surface area contributed by atoms with Crippen LogP contribution in [0.4, 0.5) is 4.79 Å². The van der Waals surface area contributed by atoms with Crippen molar-refractivity contribution in [3.63, 3.8) is 0 Å². The van der Waals surface area contributed by atoms with E-state index in [1.54, 1.807) is 7.05 Å². The van der Waals surface area contributed by atoms with Crippen LogP contribution in [0.2, 0.25) is 0 Å². The standard InChI is InChI=1S/C14H25N3O3/c1-7-20-12-9(2)17(13(19)16(12)6)11(15)8-10(18)14(3,4)5/h8-9,12,15,18H,7H2,1-6H3/b10-8-,15-11?. The van der Waals surface area contributed by atoms with E-state index in [2.05, 4.69) is 0 Å². The highest BCUT2D eigenvalue weighted by atomic mass is 16.5. The number of aliphatic hydroxyl groups is 1. The molecule has 1 saturated heterocycles. The maximum atomic E-state index is 12.2. The van der Waals surface area contributed by atoms with Gasteiger partial charge in [-0.05, 0) is 13.8 Å². The van der Waals surface area contributed by atoms with Crippen LogP contribution < -0.4 is 0 Å². The fourth-order valence-electron chi connectivity index (χ4n) is 2.06. The van der Waals surface area contributed by atoms with Crippen molar-refractivity contribution in [2.45, 2.75) is 46.9 Å². The summed E-state index contributed by atoms with van der Waals surface area (Å²) < 4.78 is 5.53. The van der Waals surface area contributed by atoms with Gasteiger partial charge in [0, 0.05) is 25.1 Å². The maximum Gasteiger partial charge on any atom is 0.327 e. The van der Waals surface area contributed by atoms with Gasteiger partial charge in [0.25, 0.3) is 0 Å². The number of amides is 2. The number of aliphatic hydroxyl groups excluding tert-OH is 1. The summed E-state index contributed by atoms with van der Waals surface area (Å²) in [6, 6.07) is -0.567. The van der Waals surface area contributed by atoms with Crippen LogP contribution in [-0.2, 0) is 4.74 Å². The fourth-order valence-corrected chi connectivity index (χ4v) is 2.06. The van der Waals surface area contributed by atoms with Crippen LogP contribution >= 0.6 is 0 Å². The van der Waals surface area contributed by atoms with Gasteiger partial charge < -0.3 is 9.84 Å². The SMILES string of the molecule is CCOC1C(C)N(C(=N)/C=C(\O)C(C)(C)C)C(=O)N1C. The van der Waals surface area contributed by atoms with Gasteiger partial charge in [0.05, 0.1) is 6.04 Å². The Balaban J connectivity index is 2.97. The van der Waals surface area contributed by atoms with Gasteiger partial charge in [0.1, 0.15) is 11.6 Å². The lowest BCUT2D eigenvalue weighted by Gasteiger charge is -2.23. The molecule has 0 saturated carbocycles. The molecular formula is C14H25N3O3. The van der Waals surface area contributed by atoms with E-state index < -0.39 is 5.41 Å². The Morgan fingerprint density at radius 2 is 2.05 bits per heavy atom. The van der Waals surface area contributed by atoms with Crippen LogP contribution in [0, 0.1) is 10.8 Å². The molecule has 20 heavy (non-hydrogen) atoms. The Morgan fingerprint density at radius 1 is 1.50 bits per heavy atom. The second-order valence-corrected chi connectivity index (χ2v) is 6.01. The second kappa shape index (κ2) is 5.83. The zero-order valence-electron chi connectivity index (χ0n) is 13.1. The number of carbonyl (C=O) groups is 1. The smallest absolute Gasteiger partial charge is 0.327 e. The number of carbonyl (C=O) groups excluding carboxylic acids is 1. The zero-order valence-corrected chi connectivity index (χ0v) is 13.1. The van der Waals surface area contributed by atoms with Gasteiger partial charge in [-0.2, -0.15) is 0 Å². The lowest BCUT2D eigenvalue weighted by molar-refractivity contribution is -0.0179. The quantitative estimate of drug-likeness (QED) is 0.475. The molecule has 0 aromatic heterocycles. The molecule has 6 nitrogen and oxygen atoms in total. The second-order valence-electron chi connectivity index (χ2n) is 6.01.